The van der Waals surface area contributed by atoms with Crippen molar-refractivity contribution in [3.05, 3.63) is 102 Å². The number of amides is 1. The number of aromatic nitrogens is 5. The third-order valence-corrected chi connectivity index (χ3v) is 6.05. The Bertz CT molecular complexity index is 1720. The number of aromatic amines is 2. The van der Waals surface area contributed by atoms with Crippen molar-refractivity contribution in [2.75, 3.05) is 0 Å². The summed E-state index contributed by atoms with van der Waals surface area (Å²) in [7, 11) is 0. The number of hydrogen-bond acceptors (Lipinski definition) is 6. The fourth-order valence-corrected chi connectivity index (χ4v) is 4.11. The number of nitrogens with zero attached hydrogens (tertiary/aromatic N) is 3. The van der Waals surface area contributed by atoms with E-state index in [0.717, 1.165) is 41.1 Å². The molecular weight excluding hydrogens is 520 g/mol. The molecule has 0 fully saturated rings. The van der Waals surface area contributed by atoms with E-state index >= 15 is 0 Å². The SMILES string of the molecule is O=C(NC1=COC=C(C2=CC=CC(F)(F)C2(F)F)O1)c1cccc(-c2n[nH]c3ccc(-c4ncn[nH]4)cc23)c1. The monoisotopic (exact) mass is 536 g/mol. The molecule has 3 N–H and O–H groups in total. The second-order valence-electron chi connectivity index (χ2n) is 8.54. The molecule has 2 aromatic heterocycles. The first-order valence-electron chi connectivity index (χ1n) is 11.4. The zero-order chi connectivity index (χ0) is 27.2. The third kappa shape index (κ3) is 4.23. The van der Waals surface area contributed by atoms with E-state index in [1.165, 1.54) is 12.4 Å². The van der Waals surface area contributed by atoms with Gasteiger partial charge in [0.25, 0.3) is 5.91 Å². The van der Waals surface area contributed by atoms with Crippen LogP contribution in [0.3, 0.4) is 0 Å². The maximum Gasteiger partial charge on any atom is 0.342 e. The van der Waals surface area contributed by atoms with E-state index in [0.29, 0.717) is 17.1 Å². The van der Waals surface area contributed by atoms with Crippen molar-refractivity contribution in [2.24, 2.45) is 0 Å². The number of ether oxygens (including phenoxy) is 2. The van der Waals surface area contributed by atoms with Crippen LogP contribution >= 0.6 is 0 Å². The van der Waals surface area contributed by atoms with E-state index in [-0.39, 0.29) is 17.5 Å². The third-order valence-electron chi connectivity index (χ3n) is 6.05. The van der Waals surface area contributed by atoms with Gasteiger partial charge in [-0.1, -0.05) is 18.2 Å². The van der Waals surface area contributed by atoms with Crippen LogP contribution in [-0.2, 0) is 9.47 Å². The maximum absolute atomic E-state index is 14.3. The lowest BCUT2D eigenvalue weighted by Gasteiger charge is -2.30. The quantitative estimate of drug-likeness (QED) is 0.302. The highest BCUT2D eigenvalue weighted by Crippen LogP contribution is 2.46. The van der Waals surface area contributed by atoms with Crippen LogP contribution in [0.25, 0.3) is 33.5 Å². The summed E-state index contributed by atoms with van der Waals surface area (Å²) in [6, 6.07) is 12.1. The molecule has 2 aliphatic rings. The highest BCUT2D eigenvalue weighted by atomic mass is 19.3. The van der Waals surface area contributed by atoms with E-state index in [1.54, 1.807) is 18.2 Å². The molecule has 4 aromatic rings. The summed E-state index contributed by atoms with van der Waals surface area (Å²) < 4.78 is 66.4. The van der Waals surface area contributed by atoms with Crippen LogP contribution in [0.2, 0.25) is 0 Å². The summed E-state index contributed by atoms with van der Waals surface area (Å²) in [5.41, 5.74) is 1.82. The number of alkyl halides is 4. The molecule has 1 aliphatic heterocycles. The summed E-state index contributed by atoms with van der Waals surface area (Å²) in [5.74, 6) is -10.1. The normalized spacial score (nSPS) is 17.5. The number of carbonyl (C=O) groups excluding carboxylic acids is 1. The molecule has 0 unspecified atom stereocenters. The van der Waals surface area contributed by atoms with Gasteiger partial charge in [0.1, 0.15) is 12.6 Å². The molecular formula is C26H16F4N6O3. The predicted molar refractivity (Wildman–Crippen MR) is 130 cm³/mol. The van der Waals surface area contributed by atoms with Crippen molar-refractivity contribution in [2.45, 2.75) is 11.8 Å². The lowest BCUT2D eigenvalue weighted by atomic mass is 9.95. The molecule has 2 aromatic carbocycles. The fraction of sp³-hybridized carbons (Fsp3) is 0.0769. The number of H-pyrrole nitrogens is 2. The van der Waals surface area contributed by atoms with Gasteiger partial charge in [-0.3, -0.25) is 20.3 Å². The van der Waals surface area contributed by atoms with Gasteiger partial charge in [0, 0.05) is 22.1 Å². The number of nitrogens with one attached hydrogen (secondary N) is 3. The zero-order valence-corrected chi connectivity index (χ0v) is 19.6. The van der Waals surface area contributed by atoms with Crippen molar-refractivity contribution < 1.29 is 31.8 Å². The van der Waals surface area contributed by atoms with E-state index in [9.17, 15) is 22.4 Å². The van der Waals surface area contributed by atoms with Gasteiger partial charge in [0.15, 0.2) is 17.8 Å². The van der Waals surface area contributed by atoms with Crippen LogP contribution in [0.15, 0.2) is 96.8 Å². The summed E-state index contributed by atoms with van der Waals surface area (Å²) in [6.45, 7) is 0. The first-order chi connectivity index (χ1) is 18.7. The largest absolute Gasteiger partial charge is 0.463 e. The molecule has 13 heteroatoms. The second kappa shape index (κ2) is 8.97. The second-order valence-corrected chi connectivity index (χ2v) is 8.54. The van der Waals surface area contributed by atoms with Crippen molar-refractivity contribution in [1.29, 1.82) is 0 Å². The Balaban J connectivity index is 1.22. The lowest BCUT2D eigenvalue weighted by molar-refractivity contribution is -0.156. The summed E-state index contributed by atoms with van der Waals surface area (Å²) in [6.07, 6.45) is 4.80. The van der Waals surface area contributed by atoms with Gasteiger partial charge in [0.05, 0.1) is 16.8 Å². The molecule has 39 heavy (non-hydrogen) atoms. The molecule has 3 heterocycles. The minimum atomic E-state index is -4.54. The van der Waals surface area contributed by atoms with E-state index in [2.05, 4.69) is 30.7 Å². The fourth-order valence-electron chi connectivity index (χ4n) is 4.11. The topological polar surface area (TPSA) is 118 Å². The molecule has 0 spiro atoms. The van der Waals surface area contributed by atoms with Gasteiger partial charge in [-0.15, -0.1) is 0 Å². The Morgan fingerprint density at radius 2 is 1.87 bits per heavy atom. The van der Waals surface area contributed by atoms with Crippen LogP contribution < -0.4 is 5.32 Å². The van der Waals surface area contributed by atoms with Crippen LogP contribution in [0.5, 0.6) is 0 Å². The number of allylic oxidation sites excluding steroid dienone is 4. The van der Waals surface area contributed by atoms with Crippen LogP contribution in [0, 0.1) is 0 Å². The number of rotatable bonds is 5. The Hall–Kier alpha value is -5.20. The van der Waals surface area contributed by atoms with Crippen molar-refractivity contribution in [1.82, 2.24) is 30.7 Å². The molecule has 9 nitrogen and oxygen atoms in total. The number of halogens is 4. The first-order valence-corrected chi connectivity index (χ1v) is 11.4. The van der Waals surface area contributed by atoms with Crippen LogP contribution in [0.1, 0.15) is 10.4 Å². The van der Waals surface area contributed by atoms with Gasteiger partial charge in [-0.25, -0.2) is 4.98 Å². The summed E-state index contributed by atoms with van der Waals surface area (Å²) in [4.78, 5) is 17.1. The Morgan fingerprint density at radius 1 is 1.00 bits per heavy atom. The van der Waals surface area contributed by atoms with Crippen LogP contribution in [0.4, 0.5) is 17.6 Å². The van der Waals surface area contributed by atoms with Crippen molar-refractivity contribution in [3.63, 3.8) is 0 Å². The van der Waals surface area contributed by atoms with Crippen molar-refractivity contribution >= 4 is 16.8 Å². The zero-order valence-electron chi connectivity index (χ0n) is 19.6. The molecule has 196 valence electrons. The average Bonchev–Trinajstić information content (AvgIpc) is 3.61. The summed E-state index contributed by atoms with van der Waals surface area (Å²) >= 11 is 0. The Labute approximate surface area is 216 Å². The lowest BCUT2D eigenvalue weighted by Crippen LogP contribution is -2.43. The molecule has 0 saturated heterocycles. The maximum atomic E-state index is 14.3. The molecule has 1 aliphatic carbocycles. The van der Waals surface area contributed by atoms with Crippen LogP contribution in [-0.4, -0.2) is 43.1 Å². The van der Waals surface area contributed by atoms with Crippen molar-refractivity contribution in [3.8, 4) is 22.6 Å². The van der Waals surface area contributed by atoms with E-state index < -0.39 is 29.1 Å². The molecule has 0 bridgehead atoms. The van der Waals surface area contributed by atoms with E-state index in [4.69, 9.17) is 9.47 Å². The van der Waals surface area contributed by atoms with Gasteiger partial charge in [0.2, 0.25) is 5.88 Å². The highest BCUT2D eigenvalue weighted by molar-refractivity contribution is 5.99. The highest BCUT2D eigenvalue weighted by Gasteiger charge is 2.59. The van der Waals surface area contributed by atoms with Gasteiger partial charge < -0.3 is 9.47 Å². The minimum Gasteiger partial charge on any atom is -0.463 e. The molecule has 0 radical (unpaired) electrons. The smallest absolute Gasteiger partial charge is 0.342 e. The number of fused-ring (bicyclic) bond motifs is 1. The number of benzene rings is 2. The number of hydrogen-bond donors (Lipinski definition) is 3. The molecule has 0 saturated carbocycles. The molecule has 1 amide bonds. The summed E-state index contributed by atoms with van der Waals surface area (Å²) in [5, 5.41) is 17.2. The Morgan fingerprint density at radius 3 is 2.69 bits per heavy atom. The van der Waals surface area contributed by atoms with Gasteiger partial charge in [-0.05, 0) is 42.5 Å². The average molecular weight is 536 g/mol. The number of carbonyl (C=O) groups is 1. The minimum absolute atomic E-state index is 0.101. The Kier molecular flexibility index (Phi) is 5.56. The molecule has 6 rings (SSSR count). The molecule has 0 atom stereocenters. The van der Waals surface area contributed by atoms with E-state index in [1.807, 2.05) is 18.2 Å². The predicted octanol–water partition coefficient (Wildman–Crippen LogP) is 5.20. The standard InChI is InChI=1S/C26H16F4N6O3/c27-25(28)8-2-5-18(26(25,29)30)20-11-38-12-21(39-20)33-24(37)16-4-1-3-14(9-16)22-17-10-15(23-31-13-32-36-23)6-7-19(17)34-35-22/h1-13H,(H,33,37)(H,34,35)(H,31,32,36). The first kappa shape index (κ1) is 24.2. The van der Waals surface area contributed by atoms with Gasteiger partial charge in [-0.2, -0.15) is 27.8 Å². The van der Waals surface area contributed by atoms with Gasteiger partial charge >= 0.3 is 11.8 Å².